The number of carboxylic acids is 1. The van der Waals surface area contributed by atoms with E-state index in [1.165, 1.54) is 24.4 Å². The maximum absolute atomic E-state index is 12.3. The van der Waals surface area contributed by atoms with Crippen LogP contribution in [0.25, 0.3) is 10.9 Å². The largest absolute Gasteiger partial charge is 0.573 e. The lowest BCUT2D eigenvalue weighted by atomic mass is 10.1. The van der Waals surface area contributed by atoms with Crippen LogP contribution < -0.4 is 10.1 Å². The molecule has 0 atom stereocenters. The van der Waals surface area contributed by atoms with Gasteiger partial charge in [0.05, 0.1) is 16.8 Å². The van der Waals surface area contributed by atoms with Gasteiger partial charge in [0.15, 0.2) is 0 Å². The van der Waals surface area contributed by atoms with Crippen molar-refractivity contribution in [1.29, 1.82) is 0 Å². The zero-order valence-electron chi connectivity index (χ0n) is 12.5. The van der Waals surface area contributed by atoms with Crippen molar-refractivity contribution in [1.82, 2.24) is 4.98 Å². The van der Waals surface area contributed by atoms with E-state index in [4.69, 9.17) is 0 Å². The lowest BCUT2D eigenvalue weighted by molar-refractivity contribution is -0.274. The highest BCUT2D eigenvalue weighted by Gasteiger charge is 2.31. The molecule has 0 radical (unpaired) electrons. The molecule has 1 aromatic heterocycles. The van der Waals surface area contributed by atoms with E-state index in [2.05, 4.69) is 15.0 Å². The van der Waals surface area contributed by atoms with Crippen molar-refractivity contribution < 1.29 is 27.8 Å². The Bertz CT molecular complexity index is 942. The van der Waals surface area contributed by atoms with Crippen LogP contribution in [0.1, 0.15) is 10.4 Å². The van der Waals surface area contributed by atoms with Crippen LogP contribution in [0.4, 0.5) is 24.5 Å². The molecule has 1 heterocycles. The SMILES string of the molecule is O=C(O)c1ccccc1Nc1ccnc2cc(OC(F)(F)F)ccc12. The van der Waals surface area contributed by atoms with Crippen molar-refractivity contribution in [3.8, 4) is 5.75 Å². The second-order valence-electron chi connectivity index (χ2n) is 5.06. The molecule has 3 aromatic rings. The van der Waals surface area contributed by atoms with Gasteiger partial charge in [0.1, 0.15) is 5.75 Å². The summed E-state index contributed by atoms with van der Waals surface area (Å²) in [6, 6.07) is 11.7. The summed E-state index contributed by atoms with van der Waals surface area (Å²) in [6.07, 6.45) is -3.38. The number of ether oxygens (including phenoxy) is 1. The van der Waals surface area contributed by atoms with Gasteiger partial charge < -0.3 is 15.2 Å². The van der Waals surface area contributed by atoms with Crippen LogP contribution in [-0.2, 0) is 0 Å². The van der Waals surface area contributed by atoms with Crippen LogP contribution in [-0.4, -0.2) is 22.4 Å². The summed E-state index contributed by atoms with van der Waals surface area (Å²) < 4.78 is 40.8. The van der Waals surface area contributed by atoms with Gasteiger partial charge in [-0.05, 0) is 30.3 Å². The highest BCUT2D eigenvalue weighted by atomic mass is 19.4. The maximum Gasteiger partial charge on any atom is 0.573 e. The molecule has 0 aliphatic carbocycles. The van der Waals surface area contributed by atoms with E-state index in [1.54, 1.807) is 24.3 Å². The molecule has 128 valence electrons. The van der Waals surface area contributed by atoms with Crippen LogP contribution in [0.3, 0.4) is 0 Å². The molecule has 8 heteroatoms. The summed E-state index contributed by atoms with van der Waals surface area (Å²) in [6.45, 7) is 0. The van der Waals surface area contributed by atoms with Crippen LogP contribution in [0.15, 0.2) is 54.7 Å². The molecule has 0 fully saturated rings. The number of benzene rings is 2. The average molecular weight is 348 g/mol. The maximum atomic E-state index is 12.3. The van der Waals surface area contributed by atoms with Crippen molar-refractivity contribution in [2.24, 2.45) is 0 Å². The Morgan fingerprint density at radius 3 is 2.56 bits per heavy atom. The highest BCUT2D eigenvalue weighted by Crippen LogP contribution is 2.31. The Balaban J connectivity index is 1.99. The van der Waals surface area contributed by atoms with Gasteiger partial charge >= 0.3 is 12.3 Å². The monoisotopic (exact) mass is 348 g/mol. The van der Waals surface area contributed by atoms with E-state index in [0.717, 1.165) is 6.07 Å². The second kappa shape index (κ2) is 6.31. The standard InChI is InChI=1S/C17H11F3N2O3/c18-17(19,20)25-10-5-6-11-14(7-8-21-15(11)9-10)22-13-4-2-1-3-12(13)16(23)24/h1-9H,(H,21,22)(H,23,24). The molecule has 0 bridgehead atoms. The average Bonchev–Trinajstić information content (AvgIpc) is 2.53. The normalized spacial score (nSPS) is 11.3. The lowest BCUT2D eigenvalue weighted by Crippen LogP contribution is -2.17. The number of anilines is 2. The Kier molecular flexibility index (Phi) is 4.18. The summed E-state index contributed by atoms with van der Waals surface area (Å²) in [7, 11) is 0. The summed E-state index contributed by atoms with van der Waals surface area (Å²) in [5, 5.41) is 12.7. The molecule has 0 unspecified atom stereocenters. The van der Waals surface area contributed by atoms with Crippen LogP contribution >= 0.6 is 0 Å². The number of fused-ring (bicyclic) bond motifs is 1. The van der Waals surface area contributed by atoms with Gasteiger partial charge in [-0.1, -0.05) is 12.1 Å². The van der Waals surface area contributed by atoms with E-state index in [-0.39, 0.29) is 16.8 Å². The molecule has 0 spiro atoms. The predicted octanol–water partition coefficient (Wildman–Crippen LogP) is 4.58. The fourth-order valence-corrected chi connectivity index (χ4v) is 2.36. The van der Waals surface area contributed by atoms with E-state index >= 15 is 0 Å². The fraction of sp³-hybridized carbons (Fsp3) is 0.0588. The number of alkyl halides is 3. The number of nitrogens with one attached hydrogen (secondary N) is 1. The Morgan fingerprint density at radius 1 is 1.08 bits per heavy atom. The number of hydrogen-bond donors (Lipinski definition) is 2. The topological polar surface area (TPSA) is 71.5 Å². The quantitative estimate of drug-likeness (QED) is 0.722. The summed E-state index contributed by atoms with van der Waals surface area (Å²) in [4.78, 5) is 15.3. The van der Waals surface area contributed by atoms with Crippen molar-refractivity contribution in [3.05, 3.63) is 60.3 Å². The first-order chi connectivity index (χ1) is 11.8. The van der Waals surface area contributed by atoms with Gasteiger partial charge in [0.2, 0.25) is 0 Å². The molecule has 0 saturated heterocycles. The molecular weight excluding hydrogens is 337 g/mol. The van der Waals surface area contributed by atoms with Crippen molar-refractivity contribution >= 4 is 28.2 Å². The molecule has 0 aliphatic heterocycles. The van der Waals surface area contributed by atoms with E-state index in [0.29, 0.717) is 16.8 Å². The van der Waals surface area contributed by atoms with Crippen LogP contribution in [0, 0.1) is 0 Å². The number of carbonyl (C=O) groups is 1. The number of aromatic carboxylic acids is 1. The minimum atomic E-state index is -4.79. The number of pyridine rings is 1. The third-order valence-electron chi connectivity index (χ3n) is 3.37. The zero-order chi connectivity index (χ0) is 18.0. The summed E-state index contributed by atoms with van der Waals surface area (Å²) in [5.74, 6) is -1.47. The van der Waals surface area contributed by atoms with Crippen molar-refractivity contribution in [2.75, 3.05) is 5.32 Å². The first-order valence-corrected chi connectivity index (χ1v) is 7.07. The number of aromatic nitrogens is 1. The van der Waals surface area contributed by atoms with Gasteiger partial charge in [0.25, 0.3) is 0 Å². The molecule has 0 aliphatic rings. The van der Waals surface area contributed by atoms with Crippen molar-refractivity contribution in [3.63, 3.8) is 0 Å². The number of rotatable bonds is 4. The number of para-hydroxylation sites is 1. The smallest absolute Gasteiger partial charge is 0.478 e. The first kappa shape index (κ1) is 16.6. The summed E-state index contributed by atoms with van der Waals surface area (Å²) in [5.41, 5.74) is 1.22. The lowest BCUT2D eigenvalue weighted by Gasteiger charge is -2.13. The minimum Gasteiger partial charge on any atom is -0.478 e. The fourth-order valence-electron chi connectivity index (χ4n) is 2.36. The Morgan fingerprint density at radius 2 is 1.84 bits per heavy atom. The molecular formula is C17H11F3N2O3. The summed E-state index contributed by atoms with van der Waals surface area (Å²) >= 11 is 0. The molecule has 2 aromatic carbocycles. The molecule has 0 amide bonds. The second-order valence-corrected chi connectivity index (χ2v) is 5.06. The molecule has 25 heavy (non-hydrogen) atoms. The van der Waals surface area contributed by atoms with E-state index in [9.17, 15) is 23.1 Å². The van der Waals surface area contributed by atoms with Gasteiger partial charge in [-0.2, -0.15) is 0 Å². The minimum absolute atomic E-state index is 0.0736. The Hall–Kier alpha value is -3.29. The Labute approximate surface area is 139 Å². The molecule has 5 nitrogen and oxygen atoms in total. The van der Waals surface area contributed by atoms with Gasteiger partial charge in [-0.25, -0.2) is 4.79 Å². The first-order valence-electron chi connectivity index (χ1n) is 7.07. The van der Waals surface area contributed by atoms with Gasteiger partial charge in [-0.3, -0.25) is 4.98 Å². The molecule has 0 saturated carbocycles. The number of halogens is 3. The molecule has 2 N–H and O–H groups in total. The van der Waals surface area contributed by atoms with Gasteiger partial charge in [-0.15, -0.1) is 13.2 Å². The van der Waals surface area contributed by atoms with Crippen LogP contribution in [0.5, 0.6) is 5.75 Å². The predicted molar refractivity (Wildman–Crippen MR) is 85.1 cm³/mol. The number of nitrogens with zero attached hydrogens (tertiary/aromatic N) is 1. The number of hydrogen-bond acceptors (Lipinski definition) is 4. The zero-order valence-corrected chi connectivity index (χ0v) is 12.5. The third kappa shape index (κ3) is 3.79. The van der Waals surface area contributed by atoms with Gasteiger partial charge in [0, 0.05) is 23.3 Å². The molecule has 3 rings (SSSR count). The van der Waals surface area contributed by atoms with Crippen LogP contribution in [0.2, 0.25) is 0 Å². The van der Waals surface area contributed by atoms with E-state index in [1.807, 2.05) is 0 Å². The van der Waals surface area contributed by atoms with E-state index < -0.39 is 12.3 Å². The highest BCUT2D eigenvalue weighted by molar-refractivity contribution is 5.98. The number of carboxylic acid groups (broad SMARTS) is 1. The third-order valence-corrected chi connectivity index (χ3v) is 3.37. The van der Waals surface area contributed by atoms with Crippen molar-refractivity contribution in [2.45, 2.75) is 6.36 Å².